The van der Waals surface area contributed by atoms with Gasteiger partial charge in [-0.3, -0.25) is 10.3 Å². The van der Waals surface area contributed by atoms with E-state index in [1.165, 1.54) is 0 Å². The van der Waals surface area contributed by atoms with E-state index in [9.17, 15) is 4.79 Å². The molecule has 0 saturated carbocycles. The lowest BCUT2D eigenvalue weighted by atomic mass is 10.2. The molecule has 3 aromatic rings. The smallest absolute Gasteiger partial charge is 0.408 e. The fourth-order valence-electron chi connectivity index (χ4n) is 2.16. The third-order valence-corrected chi connectivity index (χ3v) is 3.88. The quantitative estimate of drug-likeness (QED) is 0.670. The molecule has 0 bridgehead atoms. The van der Waals surface area contributed by atoms with Crippen molar-refractivity contribution in [1.29, 1.82) is 0 Å². The fraction of sp³-hybridized carbons (Fsp3) is 0.0588. The number of para-hydroxylation sites is 1. The number of rotatable bonds is 2. The number of hydrogen-bond acceptors (Lipinski definition) is 3. The minimum absolute atomic E-state index is 0.335. The van der Waals surface area contributed by atoms with Crippen LogP contribution in [0, 0.1) is 6.92 Å². The number of nitrogens with zero attached hydrogens (tertiary/aromatic N) is 1. The monoisotopic (exact) mass is 346 g/mol. The van der Waals surface area contributed by atoms with Crippen LogP contribution < -0.4 is 10.1 Å². The Hall–Kier alpha value is -2.30. The van der Waals surface area contributed by atoms with Gasteiger partial charge in [0.15, 0.2) is 5.75 Å². The van der Waals surface area contributed by atoms with Gasteiger partial charge in [0.1, 0.15) is 5.52 Å². The first kappa shape index (κ1) is 15.6. The predicted octanol–water partition coefficient (Wildman–Crippen LogP) is 5.46. The predicted molar refractivity (Wildman–Crippen MR) is 92.6 cm³/mol. The molecule has 0 aliphatic heterocycles. The molecule has 4 nitrogen and oxygen atoms in total. The van der Waals surface area contributed by atoms with Gasteiger partial charge in [-0.05, 0) is 36.8 Å². The fourth-order valence-corrected chi connectivity index (χ4v) is 2.54. The molecule has 3 rings (SSSR count). The molecule has 0 radical (unpaired) electrons. The molecule has 0 saturated heterocycles. The van der Waals surface area contributed by atoms with Crippen molar-refractivity contribution in [3.63, 3.8) is 0 Å². The van der Waals surface area contributed by atoms with Gasteiger partial charge >= 0.3 is 6.09 Å². The summed E-state index contributed by atoms with van der Waals surface area (Å²) in [6.45, 7) is 1.87. The number of aromatic nitrogens is 1. The molecule has 0 spiro atoms. The van der Waals surface area contributed by atoms with E-state index in [4.69, 9.17) is 27.9 Å². The van der Waals surface area contributed by atoms with E-state index >= 15 is 0 Å². The molecule has 0 fully saturated rings. The van der Waals surface area contributed by atoms with Crippen molar-refractivity contribution >= 4 is 45.9 Å². The second kappa shape index (κ2) is 6.44. The highest BCUT2D eigenvalue weighted by Gasteiger charge is 2.12. The topological polar surface area (TPSA) is 51.2 Å². The minimum Gasteiger partial charge on any atom is -0.408 e. The standard InChI is InChI=1S/C17H12Cl2N2O2/c1-10-5-6-11(18)9-14(10)21-17(22)23-15-4-2-3-12-13(19)7-8-20-16(12)15/h2-9H,1H3,(H,21,22). The van der Waals surface area contributed by atoms with Crippen LogP contribution in [0.1, 0.15) is 5.56 Å². The molecule has 23 heavy (non-hydrogen) atoms. The Balaban J connectivity index is 1.86. The van der Waals surface area contributed by atoms with Gasteiger partial charge in [-0.15, -0.1) is 0 Å². The lowest BCUT2D eigenvalue weighted by Gasteiger charge is -2.11. The Kier molecular flexibility index (Phi) is 4.37. The van der Waals surface area contributed by atoms with Crippen molar-refractivity contribution in [2.75, 3.05) is 5.32 Å². The van der Waals surface area contributed by atoms with Crippen molar-refractivity contribution < 1.29 is 9.53 Å². The molecule has 116 valence electrons. The summed E-state index contributed by atoms with van der Waals surface area (Å²) >= 11 is 12.1. The van der Waals surface area contributed by atoms with Crippen LogP contribution in [0.25, 0.3) is 10.9 Å². The van der Waals surface area contributed by atoms with Crippen LogP contribution in [0.3, 0.4) is 0 Å². The van der Waals surface area contributed by atoms with Gasteiger partial charge in [0.05, 0.1) is 5.02 Å². The number of nitrogens with one attached hydrogen (secondary N) is 1. The molecule has 1 heterocycles. The molecule has 1 aromatic heterocycles. The van der Waals surface area contributed by atoms with Crippen molar-refractivity contribution in [3.05, 3.63) is 64.3 Å². The van der Waals surface area contributed by atoms with Gasteiger partial charge in [0, 0.05) is 22.3 Å². The lowest BCUT2D eigenvalue weighted by molar-refractivity contribution is 0.215. The second-order valence-electron chi connectivity index (χ2n) is 4.92. The number of aryl methyl sites for hydroxylation is 1. The number of anilines is 1. The number of hydrogen-bond donors (Lipinski definition) is 1. The number of ether oxygens (including phenoxy) is 1. The molecule has 6 heteroatoms. The van der Waals surface area contributed by atoms with Gasteiger partial charge in [0.2, 0.25) is 0 Å². The third-order valence-electron chi connectivity index (χ3n) is 3.32. The maximum Gasteiger partial charge on any atom is 0.417 e. The molecule has 2 aromatic carbocycles. The van der Waals surface area contributed by atoms with Crippen LogP contribution in [-0.4, -0.2) is 11.1 Å². The van der Waals surface area contributed by atoms with Crippen LogP contribution >= 0.6 is 23.2 Å². The largest absolute Gasteiger partial charge is 0.417 e. The summed E-state index contributed by atoms with van der Waals surface area (Å²) in [5, 5.41) is 4.47. The van der Waals surface area contributed by atoms with E-state index in [-0.39, 0.29) is 0 Å². The molecule has 0 aliphatic rings. The van der Waals surface area contributed by atoms with E-state index in [0.29, 0.717) is 27.0 Å². The molecule has 0 unspecified atom stereocenters. The number of halogens is 2. The van der Waals surface area contributed by atoms with Crippen LogP contribution in [0.15, 0.2) is 48.7 Å². The lowest BCUT2D eigenvalue weighted by Crippen LogP contribution is -2.17. The van der Waals surface area contributed by atoms with E-state index in [1.807, 2.05) is 19.1 Å². The summed E-state index contributed by atoms with van der Waals surface area (Å²) in [6, 6.07) is 12.1. The molecule has 1 N–H and O–H groups in total. The normalized spacial score (nSPS) is 10.6. The Morgan fingerprint density at radius 3 is 2.83 bits per heavy atom. The Bertz CT molecular complexity index is 897. The summed E-state index contributed by atoms with van der Waals surface area (Å²) in [5.41, 5.74) is 2.00. The van der Waals surface area contributed by atoms with E-state index in [1.54, 1.807) is 36.5 Å². The SMILES string of the molecule is Cc1ccc(Cl)cc1NC(=O)Oc1cccc2c(Cl)ccnc12. The molecule has 0 aliphatic carbocycles. The summed E-state index contributed by atoms with van der Waals surface area (Å²) < 4.78 is 5.37. The first-order chi connectivity index (χ1) is 11.0. The molecular formula is C17H12Cl2N2O2. The summed E-state index contributed by atoms with van der Waals surface area (Å²) in [4.78, 5) is 16.4. The number of carbonyl (C=O) groups excluding carboxylic acids is 1. The Morgan fingerprint density at radius 2 is 2.00 bits per heavy atom. The summed E-state index contributed by atoms with van der Waals surface area (Å²) in [5.74, 6) is 0.335. The number of amides is 1. The number of carbonyl (C=O) groups is 1. The van der Waals surface area contributed by atoms with Gasteiger partial charge in [-0.1, -0.05) is 41.4 Å². The highest BCUT2D eigenvalue weighted by Crippen LogP contribution is 2.29. The zero-order valence-corrected chi connectivity index (χ0v) is 13.7. The van der Waals surface area contributed by atoms with Crippen molar-refractivity contribution in [1.82, 2.24) is 4.98 Å². The third kappa shape index (κ3) is 3.38. The molecule has 0 atom stereocenters. The van der Waals surface area contributed by atoms with Gasteiger partial charge in [0.25, 0.3) is 0 Å². The average molecular weight is 347 g/mol. The van der Waals surface area contributed by atoms with Crippen molar-refractivity contribution in [3.8, 4) is 5.75 Å². The average Bonchev–Trinajstić information content (AvgIpc) is 2.52. The zero-order valence-electron chi connectivity index (χ0n) is 12.1. The Labute approximate surface area is 143 Å². The van der Waals surface area contributed by atoms with Gasteiger partial charge < -0.3 is 4.74 Å². The minimum atomic E-state index is -0.621. The first-order valence-corrected chi connectivity index (χ1v) is 7.58. The van der Waals surface area contributed by atoms with Crippen LogP contribution in [0.5, 0.6) is 5.75 Å². The second-order valence-corrected chi connectivity index (χ2v) is 5.76. The summed E-state index contributed by atoms with van der Waals surface area (Å²) in [6.07, 6.45) is 0.945. The summed E-state index contributed by atoms with van der Waals surface area (Å²) in [7, 11) is 0. The van der Waals surface area contributed by atoms with Crippen LogP contribution in [-0.2, 0) is 0 Å². The van der Waals surface area contributed by atoms with E-state index in [0.717, 1.165) is 10.9 Å². The zero-order chi connectivity index (χ0) is 16.4. The molecule has 1 amide bonds. The Morgan fingerprint density at radius 1 is 1.17 bits per heavy atom. The van der Waals surface area contributed by atoms with Crippen molar-refractivity contribution in [2.24, 2.45) is 0 Å². The van der Waals surface area contributed by atoms with E-state index < -0.39 is 6.09 Å². The van der Waals surface area contributed by atoms with E-state index in [2.05, 4.69) is 10.3 Å². The molecular weight excluding hydrogens is 335 g/mol. The maximum atomic E-state index is 12.1. The number of fused-ring (bicyclic) bond motifs is 1. The van der Waals surface area contributed by atoms with Gasteiger partial charge in [-0.2, -0.15) is 0 Å². The first-order valence-electron chi connectivity index (χ1n) is 6.83. The maximum absolute atomic E-state index is 12.1. The van der Waals surface area contributed by atoms with Crippen LogP contribution in [0.2, 0.25) is 10.0 Å². The van der Waals surface area contributed by atoms with Crippen molar-refractivity contribution in [2.45, 2.75) is 6.92 Å². The van der Waals surface area contributed by atoms with Gasteiger partial charge in [-0.25, -0.2) is 4.79 Å². The number of pyridine rings is 1. The highest BCUT2D eigenvalue weighted by atomic mass is 35.5. The highest BCUT2D eigenvalue weighted by molar-refractivity contribution is 6.35. The number of benzene rings is 2. The van der Waals surface area contributed by atoms with Crippen LogP contribution in [0.4, 0.5) is 10.5 Å².